The Morgan fingerprint density at radius 3 is 2.65 bits per heavy atom. The first-order chi connectivity index (χ1) is 14.9. The summed E-state index contributed by atoms with van der Waals surface area (Å²) < 4.78 is 1.91. The van der Waals surface area contributed by atoms with Crippen molar-refractivity contribution in [1.82, 2.24) is 25.4 Å². The summed E-state index contributed by atoms with van der Waals surface area (Å²) in [6.07, 6.45) is 5.72. The molecule has 1 saturated carbocycles. The maximum atomic E-state index is 12.6. The number of thioether (sulfide) groups is 1. The first kappa shape index (κ1) is 23.9. The number of carbonyl (C=O) groups excluding carboxylic acids is 2. The van der Waals surface area contributed by atoms with Crippen molar-refractivity contribution in [3.05, 3.63) is 39.6 Å². The summed E-state index contributed by atoms with van der Waals surface area (Å²) in [6.45, 7) is 4.43. The highest BCUT2D eigenvalue weighted by Crippen LogP contribution is 2.24. The summed E-state index contributed by atoms with van der Waals surface area (Å²) in [5, 5.41) is 15.9. The third-order valence-electron chi connectivity index (χ3n) is 5.27. The molecule has 10 heteroatoms. The first-order valence-corrected chi connectivity index (χ1v) is 12.2. The number of carbonyl (C=O) groups is 2. The van der Waals surface area contributed by atoms with Gasteiger partial charge in [-0.3, -0.25) is 9.59 Å². The highest BCUT2D eigenvalue weighted by atomic mass is 35.5. The zero-order valence-electron chi connectivity index (χ0n) is 17.7. The Hall–Kier alpha value is -1.77. The van der Waals surface area contributed by atoms with Gasteiger partial charge in [-0.1, -0.05) is 54.2 Å². The van der Waals surface area contributed by atoms with Gasteiger partial charge in [0.15, 0.2) is 11.0 Å². The van der Waals surface area contributed by atoms with Crippen LogP contribution in [0.15, 0.2) is 23.4 Å². The number of nitrogens with one attached hydrogen (secondary N) is 2. The molecule has 0 saturated heterocycles. The number of amides is 2. The fourth-order valence-electron chi connectivity index (χ4n) is 3.68. The first-order valence-electron chi connectivity index (χ1n) is 10.5. The van der Waals surface area contributed by atoms with Crippen LogP contribution in [0.5, 0.6) is 0 Å². The van der Waals surface area contributed by atoms with Crippen LogP contribution >= 0.6 is 35.0 Å². The van der Waals surface area contributed by atoms with Crippen molar-refractivity contribution in [1.29, 1.82) is 0 Å². The van der Waals surface area contributed by atoms with E-state index in [1.54, 1.807) is 12.1 Å². The molecule has 31 heavy (non-hydrogen) atoms. The van der Waals surface area contributed by atoms with Gasteiger partial charge in [-0.25, -0.2) is 0 Å². The van der Waals surface area contributed by atoms with E-state index < -0.39 is 6.04 Å². The van der Waals surface area contributed by atoms with Crippen molar-refractivity contribution in [2.45, 2.75) is 69.7 Å². The Morgan fingerprint density at radius 1 is 1.23 bits per heavy atom. The van der Waals surface area contributed by atoms with Crippen LogP contribution in [0.3, 0.4) is 0 Å². The molecule has 1 heterocycles. The molecule has 0 aliphatic heterocycles. The Morgan fingerprint density at radius 2 is 1.97 bits per heavy atom. The molecule has 1 fully saturated rings. The zero-order chi connectivity index (χ0) is 22.4. The lowest BCUT2D eigenvalue weighted by Gasteiger charge is -2.22. The molecule has 0 unspecified atom stereocenters. The number of hydrogen-bond donors (Lipinski definition) is 2. The SMILES string of the molecule is CCn1c(SCC(=O)NC2CCCCC2)nnc1[C@@H](C)NC(=O)c1ccc(Cl)cc1Cl. The predicted molar refractivity (Wildman–Crippen MR) is 124 cm³/mol. The summed E-state index contributed by atoms with van der Waals surface area (Å²) >= 11 is 13.4. The molecular weight excluding hydrogens is 457 g/mol. The Kier molecular flexibility index (Phi) is 8.63. The summed E-state index contributed by atoms with van der Waals surface area (Å²) in [4.78, 5) is 24.9. The van der Waals surface area contributed by atoms with E-state index in [2.05, 4.69) is 20.8 Å². The van der Waals surface area contributed by atoms with Crippen LogP contribution in [-0.4, -0.2) is 38.4 Å². The van der Waals surface area contributed by atoms with Crippen molar-refractivity contribution in [2.75, 3.05) is 5.75 Å². The molecule has 1 aliphatic carbocycles. The van der Waals surface area contributed by atoms with Crippen molar-refractivity contribution >= 4 is 46.8 Å². The van der Waals surface area contributed by atoms with E-state index in [0.29, 0.717) is 28.1 Å². The molecule has 1 aromatic carbocycles. The minimum absolute atomic E-state index is 0.0165. The van der Waals surface area contributed by atoms with Crippen molar-refractivity contribution in [3.8, 4) is 0 Å². The molecule has 2 amide bonds. The quantitative estimate of drug-likeness (QED) is 0.533. The molecule has 2 aromatic rings. The number of rotatable bonds is 8. The molecule has 0 radical (unpaired) electrons. The predicted octanol–water partition coefficient (Wildman–Crippen LogP) is 4.64. The highest BCUT2D eigenvalue weighted by Gasteiger charge is 2.22. The molecule has 168 valence electrons. The van der Waals surface area contributed by atoms with Crippen LogP contribution in [0.4, 0.5) is 0 Å². The number of benzene rings is 1. The third kappa shape index (κ3) is 6.37. The minimum Gasteiger partial charge on any atom is -0.353 e. The van der Waals surface area contributed by atoms with Gasteiger partial charge in [-0.05, 0) is 44.9 Å². The Bertz CT molecular complexity index is 930. The molecule has 2 N–H and O–H groups in total. The number of aromatic nitrogens is 3. The average Bonchev–Trinajstić information content (AvgIpc) is 3.16. The van der Waals surface area contributed by atoms with Gasteiger partial charge in [0.2, 0.25) is 5.91 Å². The van der Waals surface area contributed by atoms with E-state index in [1.165, 1.54) is 37.1 Å². The van der Waals surface area contributed by atoms with E-state index in [4.69, 9.17) is 23.2 Å². The van der Waals surface area contributed by atoms with E-state index in [9.17, 15) is 9.59 Å². The maximum absolute atomic E-state index is 12.6. The molecular formula is C21H27Cl2N5O2S. The second kappa shape index (κ2) is 11.2. The highest BCUT2D eigenvalue weighted by molar-refractivity contribution is 7.99. The van der Waals surface area contributed by atoms with Crippen LogP contribution < -0.4 is 10.6 Å². The van der Waals surface area contributed by atoms with Gasteiger partial charge < -0.3 is 15.2 Å². The average molecular weight is 484 g/mol. The van der Waals surface area contributed by atoms with Crippen LogP contribution in [-0.2, 0) is 11.3 Å². The Balaban J connectivity index is 1.60. The second-order valence-electron chi connectivity index (χ2n) is 7.60. The number of nitrogens with zero attached hydrogens (tertiary/aromatic N) is 3. The van der Waals surface area contributed by atoms with Crippen LogP contribution in [0, 0.1) is 0 Å². The van der Waals surface area contributed by atoms with Crippen molar-refractivity contribution in [2.24, 2.45) is 0 Å². The third-order valence-corrected chi connectivity index (χ3v) is 6.79. The molecule has 0 spiro atoms. The van der Waals surface area contributed by atoms with E-state index >= 15 is 0 Å². The van der Waals surface area contributed by atoms with Gasteiger partial charge in [0.25, 0.3) is 5.91 Å². The van der Waals surface area contributed by atoms with Gasteiger partial charge in [0, 0.05) is 17.6 Å². The fraction of sp³-hybridized carbons (Fsp3) is 0.524. The van der Waals surface area contributed by atoms with Gasteiger partial charge in [-0.2, -0.15) is 0 Å². The lowest BCUT2D eigenvalue weighted by atomic mass is 9.95. The Labute approximate surface area is 196 Å². The molecule has 7 nitrogen and oxygen atoms in total. The number of hydrogen-bond acceptors (Lipinski definition) is 5. The monoisotopic (exact) mass is 483 g/mol. The molecule has 1 atom stereocenters. The van der Waals surface area contributed by atoms with Crippen LogP contribution in [0.25, 0.3) is 0 Å². The van der Waals surface area contributed by atoms with Crippen molar-refractivity contribution in [3.63, 3.8) is 0 Å². The number of halogens is 2. The van der Waals surface area contributed by atoms with Gasteiger partial charge in [0.05, 0.1) is 22.4 Å². The molecule has 0 bridgehead atoms. The second-order valence-corrected chi connectivity index (χ2v) is 9.38. The van der Waals surface area contributed by atoms with Gasteiger partial charge >= 0.3 is 0 Å². The lowest BCUT2D eigenvalue weighted by molar-refractivity contribution is -0.119. The van der Waals surface area contributed by atoms with Crippen LogP contribution in [0.2, 0.25) is 10.0 Å². The van der Waals surface area contributed by atoms with Gasteiger partial charge in [-0.15, -0.1) is 10.2 Å². The summed E-state index contributed by atoms with van der Waals surface area (Å²) in [5.74, 6) is 0.607. The molecule has 3 rings (SSSR count). The lowest BCUT2D eigenvalue weighted by Crippen LogP contribution is -2.37. The molecule has 1 aliphatic rings. The minimum atomic E-state index is -0.392. The van der Waals surface area contributed by atoms with Gasteiger partial charge in [0.1, 0.15) is 0 Å². The summed E-state index contributed by atoms with van der Waals surface area (Å²) in [7, 11) is 0. The summed E-state index contributed by atoms with van der Waals surface area (Å²) in [6, 6.07) is 4.64. The van der Waals surface area contributed by atoms with E-state index in [-0.39, 0.29) is 28.6 Å². The van der Waals surface area contributed by atoms with E-state index in [0.717, 1.165) is 12.8 Å². The topological polar surface area (TPSA) is 88.9 Å². The van der Waals surface area contributed by atoms with Crippen molar-refractivity contribution < 1.29 is 9.59 Å². The normalized spacial score (nSPS) is 15.5. The maximum Gasteiger partial charge on any atom is 0.253 e. The van der Waals surface area contributed by atoms with Crippen LogP contribution in [0.1, 0.15) is 68.2 Å². The smallest absolute Gasteiger partial charge is 0.253 e. The zero-order valence-corrected chi connectivity index (χ0v) is 20.0. The standard InChI is InChI=1S/C21H27Cl2N5O2S/c1-3-28-19(13(2)24-20(30)16-10-9-14(22)11-17(16)23)26-27-21(28)31-12-18(29)25-15-7-5-4-6-8-15/h9-11,13,15H,3-8,12H2,1-2H3,(H,24,30)(H,25,29)/t13-/m1/s1. The fourth-order valence-corrected chi connectivity index (χ4v) is 5.00. The summed E-state index contributed by atoms with van der Waals surface area (Å²) in [5.41, 5.74) is 0.342. The largest absolute Gasteiger partial charge is 0.353 e. The van der Waals surface area contributed by atoms with E-state index in [1.807, 2.05) is 18.4 Å². The molecule has 1 aromatic heterocycles.